The standard InChI is InChI=1S/C16H19BrN6/c17-12-9-11(8-10-4-7-20-13(10)12)23-15(19)21-14(18)22-16(23)5-2-1-3-6-16/h4,7-9,20H,1-3,5-6H2,(H4,18,19,21,22). The number of nitrogens with zero attached hydrogens (tertiary/aromatic N) is 3. The van der Waals surface area contributed by atoms with Gasteiger partial charge >= 0.3 is 0 Å². The number of rotatable bonds is 1. The SMILES string of the molecule is NC1=NC2(CCCCC2)N(c2cc(Br)c3[nH]ccc3c2)C(N)=N1. The molecular weight excluding hydrogens is 356 g/mol. The van der Waals surface area contributed by atoms with Crippen LogP contribution in [0.2, 0.25) is 0 Å². The summed E-state index contributed by atoms with van der Waals surface area (Å²) in [5.41, 5.74) is 13.8. The molecule has 4 rings (SSSR count). The van der Waals surface area contributed by atoms with Crippen molar-refractivity contribution in [3.05, 3.63) is 28.9 Å². The summed E-state index contributed by atoms with van der Waals surface area (Å²) in [7, 11) is 0. The molecule has 2 aromatic rings. The van der Waals surface area contributed by atoms with Gasteiger partial charge in [0.1, 0.15) is 5.66 Å². The van der Waals surface area contributed by atoms with Crippen LogP contribution in [-0.4, -0.2) is 22.6 Å². The molecule has 0 saturated heterocycles. The maximum Gasteiger partial charge on any atom is 0.220 e. The predicted molar refractivity (Wildman–Crippen MR) is 97.5 cm³/mol. The number of hydrogen-bond donors (Lipinski definition) is 3. The number of hydrogen-bond acceptors (Lipinski definition) is 5. The Hall–Kier alpha value is -2.02. The second-order valence-corrected chi connectivity index (χ2v) is 7.04. The van der Waals surface area contributed by atoms with Gasteiger partial charge in [0.2, 0.25) is 11.9 Å². The topological polar surface area (TPSA) is 95.8 Å². The fraction of sp³-hybridized carbons (Fsp3) is 0.375. The quantitative estimate of drug-likeness (QED) is 0.715. The van der Waals surface area contributed by atoms with Gasteiger partial charge in [0.05, 0.1) is 5.52 Å². The van der Waals surface area contributed by atoms with Gasteiger partial charge < -0.3 is 16.5 Å². The van der Waals surface area contributed by atoms with E-state index >= 15 is 0 Å². The Bertz CT molecular complexity index is 815. The molecule has 0 amide bonds. The van der Waals surface area contributed by atoms with Gasteiger partial charge in [0, 0.05) is 21.7 Å². The number of fused-ring (bicyclic) bond motifs is 1. The molecule has 0 unspecified atom stereocenters. The van der Waals surface area contributed by atoms with Gasteiger partial charge in [0.25, 0.3) is 0 Å². The summed E-state index contributed by atoms with van der Waals surface area (Å²) in [5.74, 6) is 0.698. The molecule has 120 valence electrons. The van der Waals surface area contributed by atoms with Crippen LogP contribution >= 0.6 is 15.9 Å². The maximum atomic E-state index is 6.27. The lowest BCUT2D eigenvalue weighted by atomic mass is 9.87. The van der Waals surface area contributed by atoms with Crippen LogP contribution in [0, 0.1) is 0 Å². The molecule has 1 aliphatic heterocycles. The van der Waals surface area contributed by atoms with Crippen molar-refractivity contribution in [3.63, 3.8) is 0 Å². The minimum atomic E-state index is -0.405. The third-order valence-electron chi connectivity index (χ3n) is 4.71. The average Bonchev–Trinajstić information content (AvgIpc) is 2.96. The first-order valence-corrected chi connectivity index (χ1v) is 8.65. The van der Waals surface area contributed by atoms with Crippen molar-refractivity contribution in [1.29, 1.82) is 0 Å². The van der Waals surface area contributed by atoms with Crippen LogP contribution in [0.25, 0.3) is 10.9 Å². The summed E-state index contributed by atoms with van der Waals surface area (Å²) in [6.07, 6.45) is 7.27. The van der Waals surface area contributed by atoms with Crippen LogP contribution in [0.4, 0.5) is 5.69 Å². The molecule has 6 nitrogen and oxygen atoms in total. The van der Waals surface area contributed by atoms with Crippen molar-refractivity contribution < 1.29 is 0 Å². The Kier molecular flexibility index (Phi) is 3.33. The average molecular weight is 375 g/mol. The first-order chi connectivity index (χ1) is 11.1. The highest BCUT2D eigenvalue weighted by atomic mass is 79.9. The smallest absolute Gasteiger partial charge is 0.220 e. The zero-order chi connectivity index (χ0) is 16.0. The molecule has 1 fully saturated rings. The fourth-order valence-corrected chi connectivity index (χ4v) is 4.31. The molecule has 1 spiro atoms. The van der Waals surface area contributed by atoms with E-state index in [2.05, 4.69) is 42.9 Å². The number of aliphatic imine (C=N–C) groups is 2. The molecule has 2 heterocycles. The number of nitrogens with one attached hydrogen (secondary N) is 1. The van der Waals surface area contributed by atoms with Gasteiger partial charge in [-0.2, -0.15) is 4.99 Å². The number of H-pyrrole nitrogens is 1. The summed E-state index contributed by atoms with van der Waals surface area (Å²) in [6, 6.07) is 6.23. The first-order valence-electron chi connectivity index (χ1n) is 7.85. The van der Waals surface area contributed by atoms with Crippen LogP contribution in [0.5, 0.6) is 0 Å². The van der Waals surface area contributed by atoms with Crippen LogP contribution in [0.15, 0.2) is 38.9 Å². The number of aromatic nitrogens is 1. The van der Waals surface area contributed by atoms with Gasteiger partial charge in [-0.15, -0.1) is 0 Å². The molecule has 0 bridgehead atoms. The molecule has 0 radical (unpaired) electrons. The molecular formula is C16H19BrN6. The minimum Gasteiger partial charge on any atom is -0.369 e. The first kappa shape index (κ1) is 14.6. The van der Waals surface area contributed by atoms with E-state index in [1.807, 2.05) is 12.3 Å². The van der Waals surface area contributed by atoms with Crippen molar-refractivity contribution in [2.45, 2.75) is 37.8 Å². The second kappa shape index (κ2) is 5.26. The minimum absolute atomic E-state index is 0.280. The van der Waals surface area contributed by atoms with Gasteiger partial charge in [0.15, 0.2) is 0 Å². The van der Waals surface area contributed by atoms with Crippen LogP contribution in [-0.2, 0) is 0 Å². The third kappa shape index (κ3) is 2.30. The Balaban J connectivity index is 1.87. The van der Waals surface area contributed by atoms with Crippen LogP contribution in [0.1, 0.15) is 32.1 Å². The Labute approximate surface area is 142 Å². The number of halogens is 1. The van der Waals surface area contributed by atoms with Gasteiger partial charge in [-0.05, 0) is 59.8 Å². The number of aromatic amines is 1. The number of guanidine groups is 2. The maximum absolute atomic E-state index is 6.27. The largest absolute Gasteiger partial charge is 0.369 e. The van der Waals surface area contributed by atoms with E-state index < -0.39 is 5.66 Å². The molecule has 1 aliphatic carbocycles. The number of anilines is 1. The van der Waals surface area contributed by atoms with Crippen LogP contribution in [0.3, 0.4) is 0 Å². The molecule has 0 atom stereocenters. The zero-order valence-electron chi connectivity index (χ0n) is 12.7. The van der Waals surface area contributed by atoms with E-state index in [-0.39, 0.29) is 5.96 Å². The van der Waals surface area contributed by atoms with Crippen molar-refractivity contribution in [1.82, 2.24) is 4.98 Å². The number of nitrogens with two attached hydrogens (primary N) is 2. The third-order valence-corrected chi connectivity index (χ3v) is 5.33. The zero-order valence-corrected chi connectivity index (χ0v) is 14.3. The molecule has 7 heteroatoms. The highest BCUT2D eigenvalue weighted by Crippen LogP contribution is 2.41. The molecule has 1 aromatic heterocycles. The molecule has 1 aromatic carbocycles. The lowest BCUT2D eigenvalue weighted by Crippen LogP contribution is -2.58. The van der Waals surface area contributed by atoms with E-state index in [1.165, 1.54) is 6.42 Å². The van der Waals surface area contributed by atoms with E-state index in [1.54, 1.807) is 0 Å². The van der Waals surface area contributed by atoms with Gasteiger partial charge in [-0.1, -0.05) is 6.42 Å². The van der Waals surface area contributed by atoms with Gasteiger partial charge in [-0.3, -0.25) is 4.90 Å². The monoisotopic (exact) mass is 374 g/mol. The van der Waals surface area contributed by atoms with Crippen molar-refractivity contribution in [3.8, 4) is 0 Å². The Morgan fingerprint density at radius 1 is 1.17 bits per heavy atom. The summed E-state index contributed by atoms with van der Waals surface area (Å²) in [6.45, 7) is 0. The van der Waals surface area contributed by atoms with E-state index in [9.17, 15) is 0 Å². The fourth-order valence-electron chi connectivity index (χ4n) is 3.74. The summed E-state index contributed by atoms with van der Waals surface area (Å²) in [4.78, 5) is 14.2. The Morgan fingerprint density at radius 2 is 1.96 bits per heavy atom. The van der Waals surface area contributed by atoms with Crippen molar-refractivity contribution in [2.24, 2.45) is 21.5 Å². The summed E-state index contributed by atoms with van der Waals surface area (Å²) < 4.78 is 0.997. The second-order valence-electron chi connectivity index (χ2n) is 6.19. The van der Waals surface area contributed by atoms with E-state index in [0.717, 1.165) is 46.7 Å². The normalized spacial score (nSPS) is 20.7. The lowest BCUT2D eigenvalue weighted by molar-refractivity contribution is 0.305. The predicted octanol–water partition coefficient (Wildman–Crippen LogP) is 3.04. The molecule has 1 saturated carbocycles. The molecule has 2 aliphatic rings. The highest BCUT2D eigenvalue weighted by Gasteiger charge is 2.42. The Morgan fingerprint density at radius 3 is 2.74 bits per heavy atom. The van der Waals surface area contributed by atoms with E-state index in [4.69, 9.17) is 16.5 Å². The molecule has 23 heavy (non-hydrogen) atoms. The van der Waals surface area contributed by atoms with Crippen molar-refractivity contribution in [2.75, 3.05) is 4.90 Å². The highest BCUT2D eigenvalue weighted by molar-refractivity contribution is 9.10. The summed E-state index contributed by atoms with van der Waals surface area (Å²) in [5, 5.41) is 1.12. The van der Waals surface area contributed by atoms with E-state index in [0.29, 0.717) is 5.96 Å². The van der Waals surface area contributed by atoms with Crippen molar-refractivity contribution >= 4 is 44.4 Å². The van der Waals surface area contributed by atoms with Gasteiger partial charge in [-0.25, -0.2) is 4.99 Å². The molecule has 5 N–H and O–H groups in total. The van der Waals surface area contributed by atoms with Crippen LogP contribution < -0.4 is 16.4 Å². The lowest BCUT2D eigenvalue weighted by Gasteiger charge is -2.45. The summed E-state index contributed by atoms with van der Waals surface area (Å²) >= 11 is 3.64. The number of benzene rings is 1.